The van der Waals surface area contributed by atoms with E-state index in [9.17, 15) is 13.9 Å². The van der Waals surface area contributed by atoms with Crippen molar-refractivity contribution in [3.05, 3.63) is 65.2 Å². The van der Waals surface area contributed by atoms with Gasteiger partial charge in [-0.25, -0.2) is 8.78 Å². The molecule has 2 aromatic carbocycles. The van der Waals surface area contributed by atoms with Gasteiger partial charge in [0, 0.05) is 37.9 Å². The number of hydrogen-bond donors (Lipinski definition) is 1. The van der Waals surface area contributed by atoms with Crippen molar-refractivity contribution in [1.82, 2.24) is 4.90 Å². The first kappa shape index (κ1) is 20.7. The third kappa shape index (κ3) is 5.99. The maximum atomic E-state index is 14.1. The molecule has 2 aromatic rings. The van der Waals surface area contributed by atoms with Gasteiger partial charge in [-0.05, 0) is 37.5 Å². The summed E-state index contributed by atoms with van der Waals surface area (Å²) in [7, 11) is 0. The van der Waals surface area contributed by atoms with Gasteiger partial charge in [0.1, 0.15) is 30.1 Å². The highest BCUT2D eigenvalue weighted by molar-refractivity contribution is 5.31. The third-order valence-electron chi connectivity index (χ3n) is 4.89. The van der Waals surface area contributed by atoms with Gasteiger partial charge >= 0.3 is 0 Å². The Labute approximate surface area is 164 Å². The zero-order valence-electron chi connectivity index (χ0n) is 16.1. The highest BCUT2D eigenvalue weighted by Gasteiger charge is 2.22. The molecule has 0 aromatic heterocycles. The molecule has 1 aliphatic heterocycles. The van der Waals surface area contributed by atoms with Gasteiger partial charge in [-0.3, -0.25) is 4.90 Å². The van der Waals surface area contributed by atoms with Gasteiger partial charge in [-0.1, -0.05) is 24.3 Å². The number of hydrogen-bond acceptors (Lipinski definition) is 4. The van der Waals surface area contributed by atoms with Gasteiger partial charge in [0.2, 0.25) is 0 Å². The first-order valence-corrected chi connectivity index (χ1v) is 9.65. The molecule has 1 N–H and O–H groups in total. The van der Waals surface area contributed by atoms with Crippen LogP contribution in [-0.2, 0) is 11.3 Å². The van der Waals surface area contributed by atoms with Crippen LogP contribution in [0.1, 0.15) is 24.0 Å². The minimum absolute atomic E-state index is 0.0630. The molecule has 1 saturated heterocycles. The number of halogens is 2. The molecule has 1 aliphatic rings. The fourth-order valence-electron chi connectivity index (χ4n) is 3.43. The van der Waals surface area contributed by atoms with E-state index in [-0.39, 0.29) is 19.3 Å². The zero-order valence-corrected chi connectivity index (χ0v) is 16.1. The molecule has 2 unspecified atom stereocenters. The summed E-state index contributed by atoms with van der Waals surface area (Å²) >= 11 is 0. The highest BCUT2D eigenvalue weighted by Crippen LogP contribution is 2.19. The Hall–Kier alpha value is -2.02. The molecular formula is C22H27F2NO3. The number of benzene rings is 2. The Bertz CT molecular complexity index is 765. The lowest BCUT2D eigenvalue weighted by atomic mass is 10.1. The van der Waals surface area contributed by atoms with Crippen LogP contribution in [0.4, 0.5) is 8.78 Å². The minimum Gasteiger partial charge on any atom is -0.491 e. The second-order valence-electron chi connectivity index (χ2n) is 7.30. The summed E-state index contributed by atoms with van der Waals surface area (Å²) in [6, 6.07) is 11.2. The summed E-state index contributed by atoms with van der Waals surface area (Å²) < 4.78 is 38.7. The van der Waals surface area contributed by atoms with E-state index in [1.54, 1.807) is 0 Å². The van der Waals surface area contributed by atoms with Crippen molar-refractivity contribution in [1.29, 1.82) is 0 Å². The van der Waals surface area contributed by atoms with Gasteiger partial charge in [-0.15, -0.1) is 0 Å². The van der Waals surface area contributed by atoms with Gasteiger partial charge < -0.3 is 14.6 Å². The summed E-state index contributed by atoms with van der Waals surface area (Å²) in [5.74, 6) is -0.446. The lowest BCUT2D eigenvalue weighted by molar-refractivity contribution is 0.0309. The molecule has 6 heteroatoms. The molecule has 0 spiro atoms. The van der Waals surface area contributed by atoms with Crippen LogP contribution in [0, 0.1) is 18.6 Å². The molecular weight excluding hydrogens is 364 g/mol. The largest absolute Gasteiger partial charge is 0.491 e. The molecule has 1 heterocycles. The molecule has 152 valence electrons. The summed E-state index contributed by atoms with van der Waals surface area (Å²) in [5.41, 5.74) is 1.39. The lowest BCUT2D eigenvalue weighted by Gasteiger charge is -2.27. The van der Waals surface area contributed by atoms with Crippen molar-refractivity contribution in [3.8, 4) is 5.75 Å². The smallest absolute Gasteiger partial charge is 0.130 e. The van der Waals surface area contributed by atoms with E-state index in [1.807, 2.05) is 36.1 Å². The molecule has 0 amide bonds. The topological polar surface area (TPSA) is 41.9 Å². The van der Waals surface area contributed by atoms with E-state index in [0.29, 0.717) is 18.7 Å². The second-order valence-corrected chi connectivity index (χ2v) is 7.30. The van der Waals surface area contributed by atoms with Crippen LogP contribution in [0.3, 0.4) is 0 Å². The average Bonchev–Trinajstić information content (AvgIpc) is 3.16. The number of para-hydroxylation sites is 1. The first-order chi connectivity index (χ1) is 13.5. The molecule has 2 atom stereocenters. The summed E-state index contributed by atoms with van der Waals surface area (Å²) in [4.78, 5) is 1.94. The van der Waals surface area contributed by atoms with E-state index in [2.05, 4.69) is 0 Å². The molecule has 0 bridgehead atoms. The molecule has 4 nitrogen and oxygen atoms in total. The summed E-state index contributed by atoms with van der Waals surface area (Å²) in [6.07, 6.45) is 1.26. The van der Waals surface area contributed by atoms with Crippen LogP contribution in [0.2, 0.25) is 0 Å². The van der Waals surface area contributed by atoms with Gasteiger partial charge in [-0.2, -0.15) is 0 Å². The van der Waals surface area contributed by atoms with E-state index in [0.717, 1.165) is 36.8 Å². The lowest BCUT2D eigenvalue weighted by Crippen LogP contribution is -2.39. The minimum atomic E-state index is -0.746. The van der Waals surface area contributed by atoms with Crippen molar-refractivity contribution >= 4 is 0 Å². The number of aliphatic hydroxyl groups is 1. The fourth-order valence-corrected chi connectivity index (χ4v) is 3.43. The van der Waals surface area contributed by atoms with E-state index < -0.39 is 17.7 Å². The van der Waals surface area contributed by atoms with Crippen molar-refractivity contribution in [2.75, 3.05) is 26.3 Å². The van der Waals surface area contributed by atoms with Gasteiger partial charge in [0.25, 0.3) is 0 Å². The zero-order chi connectivity index (χ0) is 19.9. The fraction of sp³-hybridized carbons (Fsp3) is 0.455. The van der Waals surface area contributed by atoms with E-state index in [1.165, 1.54) is 12.1 Å². The van der Waals surface area contributed by atoms with Crippen LogP contribution in [0.15, 0.2) is 42.5 Å². The Morgan fingerprint density at radius 2 is 2.07 bits per heavy atom. The second kappa shape index (κ2) is 9.96. The number of nitrogens with zero attached hydrogens (tertiary/aromatic N) is 1. The average molecular weight is 391 g/mol. The summed E-state index contributed by atoms with van der Waals surface area (Å²) in [6.45, 7) is 3.97. The molecule has 0 aliphatic carbocycles. The molecule has 28 heavy (non-hydrogen) atoms. The Balaban J connectivity index is 1.61. The Kier molecular flexibility index (Phi) is 7.36. The molecule has 3 rings (SSSR count). The van der Waals surface area contributed by atoms with Crippen LogP contribution in [0.25, 0.3) is 0 Å². The van der Waals surface area contributed by atoms with E-state index in [4.69, 9.17) is 9.47 Å². The first-order valence-electron chi connectivity index (χ1n) is 9.65. The van der Waals surface area contributed by atoms with Crippen molar-refractivity contribution in [2.45, 2.75) is 38.5 Å². The van der Waals surface area contributed by atoms with Crippen molar-refractivity contribution in [3.63, 3.8) is 0 Å². The maximum absolute atomic E-state index is 14.1. The molecule has 0 radical (unpaired) electrons. The monoisotopic (exact) mass is 391 g/mol. The Morgan fingerprint density at radius 3 is 2.79 bits per heavy atom. The van der Waals surface area contributed by atoms with Crippen molar-refractivity contribution < 1.29 is 23.4 Å². The molecule has 1 fully saturated rings. The van der Waals surface area contributed by atoms with Crippen LogP contribution >= 0.6 is 0 Å². The quantitative estimate of drug-likeness (QED) is 0.708. The number of aliphatic hydroxyl groups excluding tert-OH is 1. The van der Waals surface area contributed by atoms with Crippen LogP contribution in [-0.4, -0.2) is 48.5 Å². The van der Waals surface area contributed by atoms with E-state index >= 15 is 0 Å². The normalized spacial score (nSPS) is 17.8. The SMILES string of the molecule is Cc1ccccc1OCC(O)CN(Cc1ccc(F)cc1F)CC1CCCO1. The predicted molar refractivity (Wildman–Crippen MR) is 103 cm³/mol. The van der Waals surface area contributed by atoms with Gasteiger partial charge in [0.05, 0.1) is 6.10 Å². The van der Waals surface area contributed by atoms with Crippen LogP contribution < -0.4 is 4.74 Å². The van der Waals surface area contributed by atoms with Gasteiger partial charge in [0.15, 0.2) is 0 Å². The summed E-state index contributed by atoms with van der Waals surface area (Å²) in [5, 5.41) is 10.5. The molecule has 0 saturated carbocycles. The van der Waals surface area contributed by atoms with Crippen molar-refractivity contribution in [2.24, 2.45) is 0 Å². The number of rotatable bonds is 9. The third-order valence-corrected chi connectivity index (χ3v) is 4.89. The predicted octanol–water partition coefficient (Wildman–Crippen LogP) is 3.69. The highest BCUT2D eigenvalue weighted by atomic mass is 19.1. The standard InChI is InChI=1S/C22H27F2NO3/c1-16-5-2-3-7-22(16)28-15-19(26)13-25(14-20-6-4-10-27-20)12-17-8-9-18(23)11-21(17)24/h2-3,5,7-9,11,19-20,26H,4,6,10,12-15H2,1H3. The maximum Gasteiger partial charge on any atom is 0.130 e. The Morgan fingerprint density at radius 1 is 1.25 bits per heavy atom. The van der Waals surface area contributed by atoms with Crippen LogP contribution in [0.5, 0.6) is 5.75 Å². The number of aryl methyl sites for hydroxylation is 1. The number of ether oxygens (including phenoxy) is 2.